The zero-order valence-electron chi connectivity index (χ0n) is 7.82. The zero-order chi connectivity index (χ0) is 11.4. The fraction of sp³-hybridized carbons (Fsp3) is 0.100. The summed E-state index contributed by atoms with van der Waals surface area (Å²) >= 11 is 5.60. The van der Waals surface area contributed by atoms with E-state index in [1.54, 1.807) is 0 Å². The van der Waals surface area contributed by atoms with Crippen LogP contribution in [0.3, 0.4) is 0 Å². The van der Waals surface area contributed by atoms with Crippen molar-refractivity contribution in [1.29, 1.82) is 0 Å². The Morgan fingerprint density at radius 3 is 2.13 bits per heavy atom. The van der Waals surface area contributed by atoms with Gasteiger partial charge in [0.2, 0.25) is 5.78 Å². The fourth-order valence-electron chi connectivity index (χ4n) is 0.800. The Kier molecular flexibility index (Phi) is 3.57. The van der Waals surface area contributed by atoms with Crippen LogP contribution in [0.4, 0.5) is 0 Å². The highest BCUT2D eigenvalue weighted by atomic mass is 35.5. The molecule has 0 fully saturated rings. The van der Waals surface area contributed by atoms with Gasteiger partial charge in [-0.1, -0.05) is 11.6 Å². The first-order valence-corrected chi connectivity index (χ1v) is 4.41. The first kappa shape index (κ1) is 11.4. The molecule has 15 heavy (non-hydrogen) atoms. The van der Waals surface area contributed by atoms with E-state index in [4.69, 9.17) is 11.6 Å². The number of halogens is 1. The van der Waals surface area contributed by atoms with E-state index in [-0.39, 0.29) is 5.75 Å². The van der Waals surface area contributed by atoms with Gasteiger partial charge in [-0.15, -0.1) is 0 Å². The normalized spacial score (nSPS) is 9.47. The standard InChI is InChI=1S/C10H7ClO4/c1-6(12)9(13)10(14)15-8-4-2-7(11)3-5-8/h2-5H,1H3. The molecule has 0 atom stereocenters. The minimum absolute atomic E-state index is 0.166. The van der Waals surface area contributed by atoms with E-state index in [0.717, 1.165) is 6.92 Å². The molecule has 0 spiro atoms. The molecule has 4 nitrogen and oxygen atoms in total. The predicted octanol–water partition coefficient (Wildman–Crippen LogP) is 1.40. The summed E-state index contributed by atoms with van der Waals surface area (Å²) in [5.41, 5.74) is 0. The van der Waals surface area contributed by atoms with Gasteiger partial charge in [-0.05, 0) is 24.3 Å². The van der Waals surface area contributed by atoms with E-state index in [1.807, 2.05) is 0 Å². The second-order valence-electron chi connectivity index (χ2n) is 2.73. The van der Waals surface area contributed by atoms with Gasteiger partial charge in [0.05, 0.1) is 0 Å². The molecular weight excluding hydrogens is 220 g/mol. The molecule has 0 aliphatic rings. The maximum Gasteiger partial charge on any atom is 0.388 e. The fourth-order valence-corrected chi connectivity index (χ4v) is 0.926. The topological polar surface area (TPSA) is 60.4 Å². The average Bonchev–Trinajstić information content (AvgIpc) is 2.20. The number of Topliss-reactive ketones (excluding diaryl/α,β-unsaturated/α-hetero) is 2. The molecular formula is C10H7ClO4. The molecule has 0 aliphatic heterocycles. The number of ketones is 2. The maximum atomic E-state index is 11.0. The van der Waals surface area contributed by atoms with Gasteiger partial charge in [0.25, 0.3) is 0 Å². The van der Waals surface area contributed by atoms with Crippen molar-refractivity contribution in [2.45, 2.75) is 6.92 Å². The van der Waals surface area contributed by atoms with Crippen molar-refractivity contribution < 1.29 is 19.1 Å². The molecule has 1 aromatic rings. The lowest BCUT2D eigenvalue weighted by Crippen LogP contribution is -2.26. The van der Waals surface area contributed by atoms with Crippen molar-refractivity contribution in [2.75, 3.05) is 0 Å². The largest absolute Gasteiger partial charge is 0.420 e. The molecule has 0 unspecified atom stereocenters. The Morgan fingerprint density at radius 2 is 1.67 bits per heavy atom. The van der Waals surface area contributed by atoms with Crippen molar-refractivity contribution in [3.05, 3.63) is 29.3 Å². The third-order valence-electron chi connectivity index (χ3n) is 1.53. The molecule has 0 aliphatic carbocycles. The number of rotatable bonds is 3. The Balaban J connectivity index is 2.71. The Hall–Kier alpha value is -1.68. The van der Waals surface area contributed by atoms with Crippen LogP contribution in [0.2, 0.25) is 5.02 Å². The summed E-state index contributed by atoms with van der Waals surface area (Å²) in [5, 5.41) is 0.479. The molecule has 0 saturated carbocycles. The van der Waals surface area contributed by atoms with E-state index >= 15 is 0 Å². The smallest absolute Gasteiger partial charge is 0.388 e. The van der Waals surface area contributed by atoms with Crippen LogP contribution in [-0.4, -0.2) is 17.5 Å². The summed E-state index contributed by atoms with van der Waals surface area (Å²) in [5.74, 6) is -3.05. The number of carbonyl (C=O) groups is 3. The Bertz CT molecular complexity index is 408. The molecule has 0 radical (unpaired) electrons. The summed E-state index contributed by atoms with van der Waals surface area (Å²) in [6.07, 6.45) is 0. The summed E-state index contributed by atoms with van der Waals surface area (Å²) < 4.78 is 4.62. The minimum Gasteiger partial charge on any atom is -0.420 e. The van der Waals surface area contributed by atoms with Gasteiger partial charge in [0, 0.05) is 11.9 Å². The molecule has 0 heterocycles. The molecule has 0 amide bonds. The SMILES string of the molecule is CC(=O)C(=O)C(=O)Oc1ccc(Cl)cc1. The highest BCUT2D eigenvalue weighted by molar-refractivity contribution is 6.61. The van der Waals surface area contributed by atoms with Crippen molar-refractivity contribution >= 4 is 29.1 Å². The molecule has 0 aromatic heterocycles. The van der Waals surface area contributed by atoms with Gasteiger partial charge < -0.3 is 4.74 Å². The van der Waals surface area contributed by atoms with Crippen LogP contribution in [-0.2, 0) is 14.4 Å². The summed E-state index contributed by atoms with van der Waals surface area (Å²) in [7, 11) is 0. The third-order valence-corrected chi connectivity index (χ3v) is 1.78. The maximum absolute atomic E-state index is 11.0. The quantitative estimate of drug-likeness (QED) is 0.338. The number of hydrogen-bond donors (Lipinski definition) is 0. The first-order chi connectivity index (χ1) is 7.00. The molecule has 5 heteroatoms. The first-order valence-electron chi connectivity index (χ1n) is 4.03. The number of carbonyl (C=O) groups excluding carboxylic acids is 3. The summed E-state index contributed by atoms with van der Waals surface area (Å²) in [4.78, 5) is 32.4. The number of hydrogen-bond acceptors (Lipinski definition) is 4. The van der Waals surface area contributed by atoms with E-state index in [0.29, 0.717) is 5.02 Å². The van der Waals surface area contributed by atoms with Crippen molar-refractivity contribution in [3.63, 3.8) is 0 Å². The van der Waals surface area contributed by atoms with Crippen LogP contribution >= 0.6 is 11.6 Å². The zero-order valence-corrected chi connectivity index (χ0v) is 8.58. The molecule has 0 bridgehead atoms. The van der Waals surface area contributed by atoms with Crippen LogP contribution in [0, 0.1) is 0 Å². The van der Waals surface area contributed by atoms with E-state index in [1.165, 1.54) is 24.3 Å². The van der Waals surface area contributed by atoms with Crippen molar-refractivity contribution in [3.8, 4) is 5.75 Å². The average molecular weight is 227 g/mol. The molecule has 1 rings (SSSR count). The van der Waals surface area contributed by atoms with Crippen LogP contribution in [0.1, 0.15) is 6.92 Å². The Morgan fingerprint density at radius 1 is 1.13 bits per heavy atom. The monoisotopic (exact) mass is 226 g/mol. The number of benzene rings is 1. The van der Waals surface area contributed by atoms with Crippen LogP contribution in [0.25, 0.3) is 0 Å². The predicted molar refractivity (Wildman–Crippen MR) is 52.8 cm³/mol. The number of esters is 1. The van der Waals surface area contributed by atoms with E-state index in [2.05, 4.69) is 4.74 Å². The lowest BCUT2D eigenvalue weighted by molar-refractivity contribution is -0.150. The highest BCUT2D eigenvalue weighted by Gasteiger charge is 2.20. The van der Waals surface area contributed by atoms with Gasteiger partial charge >= 0.3 is 11.8 Å². The lowest BCUT2D eigenvalue weighted by atomic mass is 10.3. The molecule has 0 N–H and O–H groups in total. The van der Waals surface area contributed by atoms with Gasteiger partial charge in [0.15, 0.2) is 0 Å². The molecule has 1 aromatic carbocycles. The minimum atomic E-state index is -1.19. The summed E-state index contributed by atoms with van der Waals surface area (Å²) in [6, 6.07) is 5.85. The number of ether oxygens (including phenoxy) is 1. The lowest BCUT2D eigenvalue weighted by Gasteiger charge is -2.01. The van der Waals surface area contributed by atoms with Gasteiger partial charge in [-0.25, -0.2) is 4.79 Å². The molecule has 78 valence electrons. The van der Waals surface area contributed by atoms with E-state index in [9.17, 15) is 14.4 Å². The van der Waals surface area contributed by atoms with E-state index < -0.39 is 17.5 Å². The summed E-state index contributed by atoms with van der Waals surface area (Å²) in [6.45, 7) is 1.01. The van der Waals surface area contributed by atoms with Gasteiger partial charge in [0.1, 0.15) is 5.75 Å². The van der Waals surface area contributed by atoms with Crippen LogP contribution in [0.5, 0.6) is 5.75 Å². The van der Waals surface area contributed by atoms with Crippen LogP contribution in [0.15, 0.2) is 24.3 Å². The second-order valence-corrected chi connectivity index (χ2v) is 3.17. The molecule has 0 saturated heterocycles. The van der Waals surface area contributed by atoms with Crippen LogP contribution < -0.4 is 4.74 Å². The highest BCUT2D eigenvalue weighted by Crippen LogP contribution is 2.15. The van der Waals surface area contributed by atoms with Crippen molar-refractivity contribution in [2.24, 2.45) is 0 Å². The van der Waals surface area contributed by atoms with Crippen molar-refractivity contribution in [1.82, 2.24) is 0 Å². The second kappa shape index (κ2) is 4.70. The van der Waals surface area contributed by atoms with Gasteiger partial charge in [-0.3, -0.25) is 9.59 Å². The van der Waals surface area contributed by atoms with Gasteiger partial charge in [-0.2, -0.15) is 0 Å². The Labute approximate surface area is 90.8 Å². The third kappa shape index (κ3) is 3.18.